The van der Waals surface area contributed by atoms with Crippen LogP contribution in [0.15, 0.2) is 57.7 Å². The first-order valence-electron chi connectivity index (χ1n) is 10.3. The first-order chi connectivity index (χ1) is 15.9. The quantitative estimate of drug-likeness (QED) is 0.603. The van der Waals surface area contributed by atoms with Crippen molar-refractivity contribution in [1.82, 2.24) is 19.6 Å². The number of carbonyl (C=O) groups is 2. The molecule has 0 aliphatic carbocycles. The summed E-state index contributed by atoms with van der Waals surface area (Å²) in [5.74, 6) is -2.12. The van der Waals surface area contributed by atoms with E-state index in [1.165, 1.54) is 48.5 Å². The zero-order valence-corrected chi connectivity index (χ0v) is 17.5. The van der Waals surface area contributed by atoms with Gasteiger partial charge in [0.15, 0.2) is 0 Å². The van der Waals surface area contributed by atoms with E-state index < -0.39 is 11.6 Å². The SMILES string of the molecule is O=C(CN1CCN(C(=O)Cn2nc(-c3ccc(F)cc3)oc2=O)CC1)Nc1ccc(F)cc1. The van der Waals surface area contributed by atoms with Crippen LogP contribution >= 0.6 is 0 Å². The Hall–Kier alpha value is -3.86. The molecule has 2 aromatic carbocycles. The van der Waals surface area contributed by atoms with Gasteiger partial charge < -0.3 is 14.6 Å². The molecule has 0 spiro atoms. The number of amides is 2. The average Bonchev–Trinajstić information content (AvgIpc) is 3.16. The number of halogens is 2. The van der Waals surface area contributed by atoms with Crippen LogP contribution in [0.5, 0.6) is 0 Å². The predicted octanol–water partition coefficient (Wildman–Crippen LogP) is 1.56. The highest BCUT2D eigenvalue weighted by molar-refractivity contribution is 5.92. The predicted molar refractivity (Wildman–Crippen MR) is 114 cm³/mol. The molecule has 1 N–H and O–H groups in total. The highest BCUT2D eigenvalue weighted by Gasteiger charge is 2.24. The molecule has 4 rings (SSSR count). The van der Waals surface area contributed by atoms with Gasteiger partial charge in [0, 0.05) is 37.4 Å². The van der Waals surface area contributed by atoms with Crippen LogP contribution in [0.25, 0.3) is 11.5 Å². The number of anilines is 1. The zero-order valence-electron chi connectivity index (χ0n) is 17.5. The molecule has 0 bridgehead atoms. The van der Waals surface area contributed by atoms with E-state index in [1.54, 1.807) is 4.90 Å². The number of nitrogens with zero attached hydrogens (tertiary/aromatic N) is 4. The maximum absolute atomic E-state index is 13.1. The maximum Gasteiger partial charge on any atom is 0.437 e. The summed E-state index contributed by atoms with van der Waals surface area (Å²) in [6.45, 7) is 1.60. The Morgan fingerprint density at radius 1 is 0.909 bits per heavy atom. The number of aromatic nitrogens is 2. The second-order valence-electron chi connectivity index (χ2n) is 7.55. The Kier molecular flexibility index (Phi) is 6.59. The first-order valence-corrected chi connectivity index (χ1v) is 10.3. The Morgan fingerprint density at radius 2 is 1.52 bits per heavy atom. The summed E-state index contributed by atoms with van der Waals surface area (Å²) in [4.78, 5) is 40.4. The highest BCUT2D eigenvalue weighted by Crippen LogP contribution is 2.15. The number of hydrogen-bond acceptors (Lipinski definition) is 6. The fourth-order valence-electron chi connectivity index (χ4n) is 3.44. The Labute approximate surface area is 187 Å². The van der Waals surface area contributed by atoms with Crippen molar-refractivity contribution in [2.45, 2.75) is 6.54 Å². The lowest BCUT2D eigenvalue weighted by molar-refractivity contribution is -0.134. The van der Waals surface area contributed by atoms with Gasteiger partial charge in [-0.25, -0.2) is 13.6 Å². The molecule has 1 saturated heterocycles. The third-order valence-electron chi connectivity index (χ3n) is 5.20. The lowest BCUT2D eigenvalue weighted by atomic mass is 10.2. The summed E-state index contributed by atoms with van der Waals surface area (Å²) < 4.78 is 32.0. The van der Waals surface area contributed by atoms with Crippen LogP contribution in [-0.2, 0) is 16.1 Å². The molecule has 9 nitrogen and oxygen atoms in total. The number of hydrogen-bond donors (Lipinski definition) is 1. The summed E-state index contributed by atoms with van der Waals surface area (Å²) in [6.07, 6.45) is 0. The Balaban J connectivity index is 1.27. The van der Waals surface area contributed by atoms with Gasteiger partial charge >= 0.3 is 5.76 Å². The topological polar surface area (TPSA) is 101 Å². The van der Waals surface area contributed by atoms with Crippen molar-refractivity contribution in [2.24, 2.45) is 0 Å². The molecule has 1 aliphatic rings. The van der Waals surface area contributed by atoms with Gasteiger partial charge in [-0.1, -0.05) is 0 Å². The van der Waals surface area contributed by atoms with Crippen molar-refractivity contribution in [3.8, 4) is 11.5 Å². The fourth-order valence-corrected chi connectivity index (χ4v) is 3.44. The average molecular weight is 457 g/mol. The Morgan fingerprint density at radius 3 is 2.15 bits per heavy atom. The minimum absolute atomic E-state index is 0.00443. The van der Waals surface area contributed by atoms with Gasteiger partial charge in [0.25, 0.3) is 0 Å². The van der Waals surface area contributed by atoms with E-state index in [-0.39, 0.29) is 36.6 Å². The summed E-state index contributed by atoms with van der Waals surface area (Å²) in [7, 11) is 0. The molecule has 11 heteroatoms. The molecule has 1 fully saturated rings. The van der Waals surface area contributed by atoms with Crippen molar-refractivity contribution in [3.05, 3.63) is 70.7 Å². The van der Waals surface area contributed by atoms with Gasteiger partial charge in [-0.05, 0) is 48.5 Å². The largest absolute Gasteiger partial charge is 0.437 e. The fraction of sp³-hybridized carbons (Fsp3) is 0.273. The number of benzene rings is 2. The van der Waals surface area contributed by atoms with Crippen LogP contribution in [-0.4, -0.2) is 64.1 Å². The lowest BCUT2D eigenvalue weighted by Crippen LogP contribution is -2.51. The standard InChI is InChI=1S/C22H21F2N5O4/c23-16-3-1-15(2-4-16)21-26-29(22(32)33-21)14-20(31)28-11-9-27(10-12-28)13-19(30)25-18-7-5-17(24)6-8-18/h1-8H,9-14H2,(H,25,30). The van der Waals surface area contributed by atoms with Crippen molar-refractivity contribution in [1.29, 1.82) is 0 Å². The minimum Gasteiger partial charge on any atom is -0.388 e. The molecule has 172 valence electrons. The molecule has 0 saturated carbocycles. The highest BCUT2D eigenvalue weighted by atomic mass is 19.1. The van der Waals surface area contributed by atoms with Gasteiger partial charge in [-0.15, -0.1) is 5.10 Å². The smallest absolute Gasteiger partial charge is 0.388 e. The maximum atomic E-state index is 13.1. The second-order valence-corrected chi connectivity index (χ2v) is 7.55. The van der Waals surface area contributed by atoms with E-state index in [9.17, 15) is 23.2 Å². The molecule has 0 unspecified atom stereocenters. The molecular weight excluding hydrogens is 436 g/mol. The molecule has 2 amide bonds. The molecule has 0 atom stereocenters. The lowest BCUT2D eigenvalue weighted by Gasteiger charge is -2.34. The van der Waals surface area contributed by atoms with Gasteiger partial charge in [-0.3, -0.25) is 14.5 Å². The zero-order chi connectivity index (χ0) is 23.4. The Bertz CT molecular complexity index is 1180. The molecule has 33 heavy (non-hydrogen) atoms. The molecule has 0 radical (unpaired) electrons. The van der Waals surface area contributed by atoms with E-state index in [1.807, 2.05) is 4.90 Å². The van der Waals surface area contributed by atoms with Gasteiger partial charge in [-0.2, -0.15) is 4.68 Å². The molecule has 3 aromatic rings. The van der Waals surface area contributed by atoms with Crippen LogP contribution in [0.2, 0.25) is 0 Å². The first kappa shape index (κ1) is 22.3. The monoisotopic (exact) mass is 457 g/mol. The third kappa shape index (κ3) is 5.69. The molecule has 2 heterocycles. The van der Waals surface area contributed by atoms with Crippen LogP contribution in [0.3, 0.4) is 0 Å². The minimum atomic E-state index is -0.779. The normalized spacial score (nSPS) is 14.3. The second kappa shape index (κ2) is 9.74. The van der Waals surface area contributed by atoms with Crippen molar-refractivity contribution < 1.29 is 22.8 Å². The van der Waals surface area contributed by atoms with Crippen molar-refractivity contribution in [2.75, 3.05) is 38.0 Å². The van der Waals surface area contributed by atoms with Crippen molar-refractivity contribution in [3.63, 3.8) is 0 Å². The molecule has 1 aliphatic heterocycles. The molecular formula is C22H21F2N5O4. The van der Waals surface area contributed by atoms with Gasteiger partial charge in [0.1, 0.15) is 18.2 Å². The van der Waals surface area contributed by atoms with Gasteiger partial charge in [0.2, 0.25) is 17.7 Å². The van der Waals surface area contributed by atoms with Crippen LogP contribution in [0, 0.1) is 11.6 Å². The number of rotatable bonds is 6. The van der Waals surface area contributed by atoms with Crippen molar-refractivity contribution >= 4 is 17.5 Å². The summed E-state index contributed by atoms with van der Waals surface area (Å²) in [5, 5.41) is 6.73. The summed E-state index contributed by atoms with van der Waals surface area (Å²) >= 11 is 0. The van der Waals surface area contributed by atoms with Crippen LogP contribution in [0.1, 0.15) is 0 Å². The number of nitrogens with one attached hydrogen (secondary N) is 1. The van der Waals surface area contributed by atoms with E-state index in [0.29, 0.717) is 37.4 Å². The summed E-state index contributed by atoms with van der Waals surface area (Å²) in [5.41, 5.74) is 0.931. The third-order valence-corrected chi connectivity index (χ3v) is 5.20. The van der Waals surface area contributed by atoms with E-state index >= 15 is 0 Å². The van der Waals surface area contributed by atoms with E-state index in [2.05, 4.69) is 10.4 Å². The van der Waals surface area contributed by atoms with E-state index in [4.69, 9.17) is 4.42 Å². The number of carbonyl (C=O) groups excluding carboxylic acids is 2. The molecule has 1 aromatic heterocycles. The van der Waals surface area contributed by atoms with Crippen LogP contribution < -0.4 is 11.1 Å². The van der Waals surface area contributed by atoms with E-state index in [0.717, 1.165) is 4.68 Å². The van der Waals surface area contributed by atoms with Gasteiger partial charge in [0.05, 0.1) is 6.54 Å². The summed E-state index contributed by atoms with van der Waals surface area (Å²) in [6, 6.07) is 10.8. The number of piperazine rings is 1. The van der Waals surface area contributed by atoms with Crippen LogP contribution in [0.4, 0.5) is 14.5 Å².